The van der Waals surface area contributed by atoms with Crippen molar-refractivity contribution >= 4 is 11.6 Å². The normalized spacial score (nSPS) is 10.4. The van der Waals surface area contributed by atoms with Crippen molar-refractivity contribution in [2.75, 3.05) is 18.4 Å². The maximum Gasteiger partial charge on any atom is 0.238 e. The number of halogens is 1. The number of rotatable bonds is 5. The lowest BCUT2D eigenvalue weighted by Gasteiger charge is -2.22. The number of hydrogen-bond donors (Lipinski definition) is 1. The second kappa shape index (κ2) is 6.72. The molecule has 1 rings (SSSR count). The van der Waals surface area contributed by atoms with Gasteiger partial charge in [-0.05, 0) is 38.1 Å². The van der Waals surface area contributed by atoms with Crippen LogP contribution < -0.4 is 5.32 Å². The molecule has 0 aliphatic heterocycles. The zero-order valence-electron chi connectivity index (χ0n) is 10.5. The van der Waals surface area contributed by atoms with Crippen molar-refractivity contribution in [1.82, 2.24) is 4.90 Å². The molecule has 1 amide bonds. The van der Waals surface area contributed by atoms with Crippen LogP contribution in [0.1, 0.15) is 13.8 Å². The van der Waals surface area contributed by atoms with Crippen LogP contribution in [-0.4, -0.2) is 29.9 Å². The third-order valence-electron chi connectivity index (χ3n) is 2.48. The molecule has 0 aliphatic carbocycles. The monoisotopic (exact) mass is 249 g/mol. The van der Waals surface area contributed by atoms with Crippen molar-refractivity contribution in [3.05, 3.63) is 30.1 Å². The van der Waals surface area contributed by atoms with Gasteiger partial charge < -0.3 is 5.32 Å². The molecule has 5 heteroatoms. The highest BCUT2D eigenvalue weighted by molar-refractivity contribution is 5.92. The Labute approximate surface area is 106 Å². The standard InChI is InChI=1S/C13H16FN3O/c1-10(2)17(8-7-15)9-13(18)16-12-5-3-11(14)4-6-12/h3-6,10H,8-9H2,1-2H3,(H,16,18). The third kappa shape index (κ3) is 4.52. The maximum atomic E-state index is 12.7. The van der Waals surface area contributed by atoms with Crippen molar-refractivity contribution < 1.29 is 9.18 Å². The fourth-order valence-electron chi connectivity index (χ4n) is 1.43. The Hall–Kier alpha value is -1.93. The summed E-state index contributed by atoms with van der Waals surface area (Å²) >= 11 is 0. The minimum absolute atomic E-state index is 0.114. The largest absolute Gasteiger partial charge is 0.325 e. The summed E-state index contributed by atoms with van der Waals surface area (Å²) in [5.41, 5.74) is 0.544. The lowest BCUT2D eigenvalue weighted by Crippen LogP contribution is -2.38. The van der Waals surface area contributed by atoms with Gasteiger partial charge in [-0.25, -0.2) is 4.39 Å². The smallest absolute Gasteiger partial charge is 0.238 e. The van der Waals surface area contributed by atoms with Crippen LogP contribution in [0.15, 0.2) is 24.3 Å². The molecule has 0 saturated carbocycles. The van der Waals surface area contributed by atoms with E-state index in [9.17, 15) is 9.18 Å². The van der Waals surface area contributed by atoms with Crippen LogP contribution in [0.4, 0.5) is 10.1 Å². The molecule has 0 bridgehead atoms. The quantitative estimate of drug-likeness (QED) is 0.812. The van der Waals surface area contributed by atoms with Gasteiger partial charge in [-0.15, -0.1) is 0 Å². The Morgan fingerprint density at radius 1 is 1.44 bits per heavy atom. The van der Waals surface area contributed by atoms with E-state index >= 15 is 0 Å². The second-order valence-electron chi connectivity index (χ2n) is 4.21. The lowest BCUT2D eigenvalue weighted by molar-refractivity contribution is -0.117. The van der Waals surface area contributed by atoms with Gasteiger partial charge in [-0.2, -0.15) is 5.26 Å². The van der Waals surface area contributed by atoms with Gasteiger partial charge in [0.25, 0.3) is 0 Å². The molecule has 0 heterocycles. The SMILES string of the molecule is CC(C)N(CC#N)CC(=O)Nc1ccc(F)cc1. The van der Waals surface area contributed by atoms with Gasteiger partial charge in [0.2, 0.25) is 5.91 Å². The first-order valence-electron chi connectivity index (χ1n) is 5.69. The van der Waals surface area contributed by atoms with Gasteiger partial charge in [0.15, 0.2) is 0 Å². The van der Waals surface area contributed by atoms with Crippen molar-refractivity contribution in [3.63, 3.8) is 0 Å². The Morgan fingerprint density at radius 2 is 2.06 bits per heavy atom. The fourth-order valence-corrected chi connectivity index (χ4v) is 1.43. The molecule has 18 heavy (non-hydrogen) atoms. The number of hydrogen-bond acceptors (Lipinski definition) is 3. The van der Waals surface area contributed by atoms with E-state index in [1.54, 1.807) is 4.90 Å². The minimum Gasteiger partial charge on any atom is -0.325 e. The number of anilines is 1. The predicted octanol–water partition coefficient (Wildman–Crippen LogP) is 2.00. The van der Waals surface area contributed by atoms with Gasteiger partial charge in [0.1, 0.15) is 5.82 Å². The van der Waals surface area contributed by atoms with E-state index in [1.807, 2.05) is 19.9 Å². The summed E-state index contributed by atoms with van der Waals surface area (Å²) in [5.74, 6) is -0.563. The van der Waals surface area contributed by atoms with Crippen molar-refractivity contribution in [2.24, 2.45) is 0 Å². The summed E-state index contributed by atoms with van der Waals surface area (Å²) in [6.45, 7) is 4.18. The molecule has 96 valence electrons. The van der Waals surface area contributed by atoms with Crippen molar-refractivity contribution in [2.45, 2.75) is 19.9 Å². The molecule has 0 spiro atoms. The minimum atomic E-state index is -0.346. The van der Waals surface area contributed by atoms with Gasteiger partial charge in [-0.1, -0.05) is 0 Å². The first-order valence-corrected chi connectivity index (χ1v) is 5.69. The first-order chi connectivity index (χ1) is 8.52. The Balaban J connectivity index is 2.55. The van der Waals surface area contributed by atoms with E-state index < -0.39 is 0 Å². The van der Waals surface area contributed by atoms with E-state index in [0.29, 0.717) is 5.69 Å². The number of amides is 1. The number of carbonyl (C=O) groups excluding carboxylic acids is 1. The molecule has 4 nitrogen and oxygen atoms in total. The fraction of sp³-hybridized carbons (Fsp3) is 0.385. The Bertz CT molecular complexity index is 437. The zero-order valence-corrected chi connectivity index (χ0v) is 10.5. The summed E-state index contributed by atoms with van der Waals surface area (Å²) in [7, 11) is 0. The molecule has 0 atom stereocenters. The Morgan fingerprint density at radius 3 is 2.56 bits per heavy atom. The molecule has 0 unspecified atom stereocenters. The highest BCUT2D eigenvalue weighted by Crippen LogP contribution is 2.08. The van der Waals surface area contributed by atoms with E-state index in [1.165, 1.54) is 24.3 Å². The topological polar surface area (TPSA) is 56.1 Å². The number of carbonyl (C=O) groups is 1. The zero-order chi connectivity index (χ0) is 13.5. The van der Waals surface area contributed by atoms with E-state index in [2.05, 4.69) is 5.32 Å². The number of nitriles is 1. The Kier molecular flexibility index (Phi) is 5.28. The first kappa shape index (κ1) is 14.1. The van der Waals surface area contributed by atoms with Crippen LogP contribution in [0, 0.1) is 17.1 Å². The number of nitrogens with zero attached hydrogens (tertiary/aromatic N) is 2. The summed E-state index contributed by atoms with van der Waals surface area (Å²) < 4.78 is 12.7. The molecular weight excluding hydrogens is 233 g/mol. The summed E-state index contributed by atoms with van der Waals surface area (Å²) in [6.07, 6.45) is 0. The summed E-state index contributed by atoms with van der Waals surface area (Å²) in [5, 5.41) is 11.3. The molecule has 0 aromatic heterocycles. The van der Waals surface area contributed by atoms with E-state index in [0.717, 1.165) is 0 Å². The van der Waals surface area contributed by atoms with Crippen LogP contribution in [-0.2, 0) is 4.79 Å². The molecule has 1 aromatic carbocycles. The summed E-state index contributed by atoms with van der Waals surface area (Å²) in [6, 6.07) is 7.70. The van der Waals surface area contributed by atoms with Gasteiger partial charge >= 0.3 is 0 Å². The molecule has 1 aromatic rings. The number of nitrogens with one attached hydrogen (secondary N) is 1. The molecule has 0 saturated heterocycles. The van der Waals surface area contributed by atoms with Crippen molar-refractivity contribution in [1.29, 1.82) is 5.26 Å². The molecule has 0 fully saturated rings. The lowest BCUT2D eigenvalue weighted by atomic mass is 10.3. The maximum absolute atomic E-state index is 12.7. The van der Waals surface area contributed by atoms with Gasteiger partial charge in [-0.3, -0.25) is 9.69 Å². The third-order valence-corrected chi connectivity index (χ3v) is 2.48. The molecule has 0 radical (unpaired) electrons. The van der Waals surface area contributed by atoms with Gasteiger partial charge in [0.05, 0.1) is 19.2 Å². The van der Waals surface area contributed by atoms with E-state index in [4.69, 9.17) is 5.26 Å². The molecule has 0 aliphatic rings. The van der Waals surface area contributed by atoms with Crippen LogP contribution in [0.25, 0.3) is 0 Å². The van der Waals surface area contributed by atoms with E-state index in [-0.39, 0.29) is 30.9 Å². The van der Waals surface area contributed by atoms with Crippen molar-refractivity contribution in [3.8, 4) is 6.07 Å². The molecule has 1 N–H and O–H groups in total. The van der Waals surface area contributed by atoms with Gasteiger partial charge in [0, 0.05) is 11.7 Å². The van der Waals surface area contributed by atoms with Crippen LogP contribution in [0.5, 0.6) is 0 Å². The highest BCUT2D eigenvalue weighted by atomic mass is 19.1. The van der Waals surface area contributed by atoms with Crippen LogP contribution in [0.3, 0.4) is 0 Å². The average Bonchev–Trinajstić information content (AvgIpc) is 2.31. The van der Waals surface area contributed by atoms with Crippen LogP contribution >= 0.6 is 0 Å². The number of benzene rings is 1. The van der Waals surface area contributed by atoms with Crippen LogP contribution in [0.2, 0.25) is 0 Å². The summed E-state index contributed by atoms with van der Waals surface area (Å²) in [4.78, 5) is 13.5. The highest BCUT2D eigenvalue weighted by Gasteiger charge is 2.13. The molecular formula is C13H16FN3O. The average molecular weight is 249 g/mol. The second-order valence-corrected chi connectivity index (χ2v) is 4.21. The predicted molar refractivity (Wildman–Crippen MR) is 67.4 cm³/mol.